The highest BCUT2D eigenvalue weighted by Crippen LogP contribution is 2.30. The van der Waals surface area contributed by atoms with Crippen molar-refractivity contribution in [2.24, 2.45) is 0 Å². The van der Waals surface area contributed by atoms with Crippen LogP contribution in [0.2, 0.25) is 0 Å². The third-order valence-corrected chi connectivity index (χ3v) is 3.79. The van der Waals surface area contributed by atoms with Crippen molar-refractivity contribution in [1.82, 2.24) is 10.3 Å². The van der Waals surface area contributed by atoms with Gasteiger partial charge in [-0.25, -0.2) is 0 Å². The van der Waals surface area contributed by atoms with Gasteiger partial charge in [0.2, 0.25) is 0 Å². The second-order valence-corrected chi connectivity index (χ2v) is 5.53. The monoisotopic (exact) mass is 282 g/mol. The number of benzene rings is 1. The Morgan fingerprint density at radius 2 is 2.14 bits per heavy atom. The Morgan fingerprint density at radius 3 is 3.05 bits per heavy atom. The van der Waals surface area contributed by atoms with Gasteiger partial charge >= 0.3 is 0 Å². The molecule has 3 nitrogen and oxygen atoms in total. The van der Waals surface area contributed by atoms with E-state index in [0.717, 1.165) is 44.7 Å². The minimum absolute atomic E-state index is 0.840. The maximum absolute atomic E-state index is 5.68. The molecule has 3 rings (SSSR count). The molecule has 1 aromatic heterocycles. The highest BCUT2D eigenvalue weighted by atomic mass is 16.5. The molecule has 0 saturated heterocycles. The lowest BCUT2D eigenvalue weighted by molar-refractivity contribution is 0.288. The molecule has 110 valence electrons. The van der Waals surface area contributed by atoms with Gasteiger partial charge in [0.1, 0.15) is 5.75 Å². The molecule has 0 atom stereocenters. The van der Waals surface area contributed by atoms with Gasteiger partial charge in [0, 0.05) is 24.5 Å². The highest BCUT2D eigenvalue weighted by molar-refractivity contribution is 5.65. The second kappa shape index (κ2) is 6.72. The van der Waals surface area contributed by atoms with Gasteiger partial charge in [-0.15, -0.1) is 0 Å². The lowest BCUT2D eigenvalue weighted by atomic mass is 9.99. The van der Waals surface area contributed by atoms with Gasteiger partial charge < -0.3 is 10.1 Å². The molecule has 0 amide bonds. The third-order valence-electron chi connectivity index (χ3n) is 3.79. The maximum atomic E-state index is 5.68. The van der Waals surface area contributed by atoms with E-state index in [1.54, 1.807) is 0 Å². The van der Waals surface area contributed by atoms with Crippen molar-refractivity contribution in [2.75, 3.05) is 13.2 Å². The highest BCUT2D eigenvalue weighted by Gasteiger charge is 2.11. The molecule has 0 aliphatic carbocycles. The Kier molecular flexibility index (Phi) is 4.51. The Balaban J connectivity index is 1.81. The molecule has 3 heteroatoms. The molecule has 0 saturated carbocycles. The fourth-order valence-electron chi connectivity index (χ4n) is 2.69. The van der Waals surface area contributed by atoms with Crippen LogP contribution in [-0.4, -0.2) is 18.1 Å². The average molecular weight is 282 g/mol. The van der Waals surface area contributed by atoms with E-state index in [0.29, 0.717) is 0 Å². The Labute approximate surface area is 126 Å². The summed E-state index contributed by atoms with van der Waals surface area (Å²) in [6.45, 7) is 4.94. The molecule has 0 bridgehead atoms. The van der Waals surface area contributed by atoms with Crippen molar-refractivity contribution in [3.8, 4) is 16.9 Å². The summed E-state index contributed by atoms with van der Waals surface area (Å²) in [4.78, 5) is 4.38. The van der Waals surface area contributed by atoms with Crippen molar-refractivity contribution in [3.05, 3.63) is 47.8 Å². The summed E-state index contributed by atoms with van der Waals surface area (Å²) in [6, 6.07) is 8.69. The van der Waals surface area contributed by atoms with E-state index >= 15 is 0 Å². The van der Waals surface area contributed by atoms with Crippen LogP contribution < -0.4 is 10.1 Å². The molecule has 2 aromatic rings. The van der Waals surface area contributed by atoms with Crippen LogP contribution in [0, 0.1) is 0 Å². The van der Waals surface area contributed by atoms with E-state index in [-0.39, 0.29) is 0 Å². The van der Waals surface area contributed by atoms with E-state index < -0.39 is 0 Å². The molecule has 1 aromatic carbocycles. The molecular formula is C18H22N2O. The van der Waals surface area contributed by atoms with E-state index in [9.17, 15) is 0 Å². The number of rotatable bonds is 5. The largest absolute Gasteiger partial charge is 0.493 e. The number of ether oxygens (including phenoxy) is 1. The van der Waals surface area contributed by atoms with Crippen LogP contribution in [0.15, 0.2) is 36.7 Å². The molecule has 0 radical (unpaired) electrons. The smallest absolute Gasteiger partial charge is 0.122 e. The van der Waals surface area contributed by atoms with Gasteiger partial charge in [-0.1, -0.05) is 13.0 Å². The first-order valence-electron chi connectivity index (χ1n) is 7.77. The van der Waals surface area contributed by atoms with Crippen molar-refractivity contribution < 1.29 is 4.74 Å². The zero-order valence-corrected chi connectivity index (χ0v) is 12.6. The van der Waals surface area contributed by atoms with E-state index in [1.807, 2.05) is 12.4 Å². The summed E-state index contributed by atoms with van der Waals surface area (Å²) in [6.07, 6.45) is 7.24. The minimum atomic E-state index is 0.840. The van der Waals surface area contributed by atoms with Gasteiger partial charge in [-0.3, -0.25) is 4.98 Å². The fraction of sp³-hybridized carbons (Fsp3) is 0.389. The molecule has 21 heavy (non-hydrogen) atoms. The third kappa shape index (κ3) is 3.42. The predicted molar refractivity (Wildman–Crippen MR) is 85.5 cm³/mol. The van der Waals surface area contributed by atoms with Gasteiger partial charge in [0.25, 0.3) is 0 Å². The number of aryl methyl sites for hydroxylation is 1. The van der Waals surface area contributed by atoms with Crippen molar-refractivity contribution in [3.63, 3.8) is 0 Å². The summed E-state index contributed by atoms with van der Waals surface area (Å²) < 4.78 is 5.68. The first kappa shape index (κ1) is 14.1. The van der Waals surface area contributed by atoms with E-state index in [2.05, 4.69) is 41.5 Å². The van der Waals surface area contributed by atoms with Crippen LogP contribution in [0.1, 0.15) is 30.9 Å². The Bertz CT molecular complexity index is 610. The standard InChI is InChI=1S/C18H22N2O/c1-2-7-19-11-14-9-17(13-20-12-14)15-5-6-18-16(10-15)4-3-8-21-18/h5-6,9-10,12-13,19H,2-4,7-8,11H2,1H3. The van der Waals surface area contributed by atoms with E-state index in [4.69, 9.17) is 4.74 Å². The molecule has 0 unspecified atom stereocenters. The number of hydrogen-bond acceptors (Lipinski definition) is 3. The van der Waals surface area contributed by atoms with Gasteiger partial charge in [0.15, 0.2) is 0 Å². The van der Waals surface area contributed by atoms with Gasteiger partial charge in [-0.2, -0.15) is 0 Å². The summed E-state index contributed by atoms with van der Waals surface area (Å²) >= 11 is 0. The zero-order valence-electron chi connectivity index (χ0n) is 12.6. The number of pyridine rings is 1. The number of nitrogens with zero attached hydrogens (tertiary/aromatic N) is 1. The first-order chi connectivity index (χ1) is 10.4. The molecule has 2 heterocycles. The molecule has 1 aliphatic heterocycles. The molecule has 1 aliphatic rings. The lowest BCUT2D eigenvalue weighted by Crippen LogP contribution is -2.13. The van der Waals surface area contributed by atoms with Crippen LogP contribution in [0.25, 0.3) is 11.1 Å². The van der Waals surface area contributed by atoms with Gasteiger partial charge in [0.05, 0.1) is 6.61 Å². The molecule has 0 spiro atoms. The van der Waals surface area contributed by atoms with Crippen LogP contribution >= 0.6 is 0 Å². The average Bonchev–Trinajstić information content (AvgIpc) is 2.55. The Morgan fingerprint density at radius 1 is 1.19 bits per heavy atom. The number of hydrogen-bond donors (Lipinski definition) is 1. The number of nitrogens with one attached hydrogen (secondary N) is 1. The zero-order chi connectivity index (χ0) is 14.5. The fourth-order valence-corrected chi connectivity index (χ4v) is 2.69. The van der Waals surface area contributed by atoms with Crippen molar-refractivity contribution >= 4 is 0 Å². The van der Waals surface area contributed by atoms with Crippen molar-refractivity contribution in [1.29, 1.82) is 0 Å². The SMILES string of the molecule is CCCNCc1cncc(-c2ccc3c(c2)CCCO3)c1. The van der Waals surface area contributed by atoms with Crippen LogP contribution in [0.4, 0.5) is 0 Å². The minimum Gasteiger partial charge on any atom is -0.493 e. The topological polar surface area (TPSA) is 34.2 Å². The first-order valence-corrected chi connectivity index (χ1v) is 7.77. The summed E-state index contributed by atoms with van der Waals surface area (Å²) in [5.41, 5.74) is 4.95. The molecular weight excluding hydrogens is 260 g/mol. The normalized spacial score (nSPS) is 13.6. The summed E-state index contributed by atoms with van der Waals surface area (Å²) in [5.74, 6) is 1.04. The van der Waals surface area contributed by atoms with Crippen molar-refractivity contribution in [2.45, 2.75) is 32.7 Å². The number of fused-ring (bicyclic) bond motifs is 1. The Hall–Kier alpha value is -1.87. The summed E-state index contributed by atoms with van der Waals surface area (Å²) in [7, 11) is 0. The summed E-state index contributed by atoms with van der Waals surface area (Å²) in [5, 5.41) is 3.42. The quantitative estimate of drug-likeness (QED) is 0.851. The molecule has 0 fully saturated rings. The molecule has 1 N–H and O–H groups in total. The van der Waals surface area contributed by atoms with Crippen LogP contribution in [-0.2, 0) is 13.0 Å². The number of aromatic nitrogens is 1. The van der Waals surface area contributed by atoms with E-state index in [1.165, 1.54) is 22.3 Å². The van der Waals surface area contributed by atoms with Crippen LogP contribution in [0.3, 0.4) is 0 Å². The predicted octanol–water partition coefficient (Wildman–Crippen LogP) is 3.57. The lowest BCUT2D eigenvalue weighted by Gasteiger charge is -2.18. The second-order valence-electron chi connectivity index (χ2n) is 5.53. The van der Waals surface area contributed by atoms with Crippen LogP contribution in [0.5, 0.6) is 5.75 Å². The van der Waals surface area contributed by atoms with Gasteiger partial charge in [-0.05, 0) is 60.7 Å². The maximum Gasteiger partial charge on any atom is 0.122 e.